The molecule has 0 radical (unpaired) electrons. The number of nitrogen functional groups attached to an aromatic ring is 1. The molecule has 12 nitrogen and oxygen atoms in total. The van der Waals surface area contributed by atoms with Gasteiger partial charge < -0.3 is 19.9 Å². The standard InChI is InChI=1S/C21H19F5N4O3.C16H11F5N4O/c1-19(2,3)33-18(31)28-14-6-4-13(5-7-14)17-27-12-30(29-17)15-8-10-16(11-9-15)32-21(25,26)20(22,23)24;17-15(18,19)16(20,21)26-13-7-5-12(6-8-13)25-9-23-14(24-25)10-1-3-11(22)4-2-10/h4-12H,1-3H3,(H,28,31);1-9H,22H2. The molecule has 0 saturated carbocycles. The van der Waals surface area contributed by atoms with Crippen LogP contribution in [0.5, 0.6) is 11.5 Å². The summed E-state index contributed by atoms with van der Waals surface area (Å²) >= 11 is 0. The minimum atomic E-state index is -5.83. The van der Waals surface area contributed by atoms with Crippen LogP contribution >= 0.6 is 0 Å². The number of halogens is 10. The summed E-state index contributed by atoms with van der Waals surface area (Å²) in [6.07, 6.45) is -20.1. The van der Waals surface area contributed by atoms with E-state index < -0.39 is 47.8 Å². The molecule has 2 aromatic heterocycles. The van der Waals surface area contributed by atoms with Gasteiger partial charge in [-0.25, -0.2) is 24.1 Å². The molecule has 6 rings (SSSR count). The van der Waals surface area contributed by atoms with Crippen LogP contribution in [0, 0.1) is 0 Å². The summed E-state index contributed by atoms with van der Waals surface area (Å²) in [4.78, 5) is 20.1. The molecule has 59 heavy (non-hydrogen) atoms. The molecule has 3 N–H and O–H groups in total. The van der Waals surface area contributed by atoms with Gasteiger partial charge in [0.1, 0.15) is 29.8 Å². The normalized spacial score (nSPS) is 12.3. The Morgan fingerprint density at radius 2 is 0.949 bits per heavy atom. The van der Waals surface area contributed by atoms with Crippen molar-refractivity contribution in [2.45, 2.75) is 50.9 Å². The average molecular weight is 841 g/mol. The molecule has 0 bridgehead atoms. The molecule has 1 amide bonds. The van der Waals surface area contributed by atoms with Gasteiger partial charge in [0, 0.05) is 22.5 Å². The average Bonchev–Trinajstić information content (AvgIpc) is 3.83. The first kappa shape index (κ1) is 43.3. The fraction of sp³-hybridized carbons (Fsp3) is 0.216. The largest absolute Gasteiger partial charge is 0.499 e. The molecule has 0 atom stereocenters. The molecule has 0 fully saturated rings. The number of ether oxygens (including phenoxy) is 3. The number of hydrogen-bond donors (Lipinski definition) is 2. The zero-order valence-electron chi connectivity index (χ0n) is 30.6. The lowest BCUT2D eigenvalue weighted by atomic mass is 10.2. The van der Waals surface area contributed by atoms with Crippen LogP contribution in [0.1, 0.15) is 20.8 Å². The van der Waals surface area contributed by atoms with E-state index in [1.165, 1.54) is 46.3 Å². The van der Waals surface area contributed by atoms with Crippen LogP contribution in [0.25, 0.3) is 34.2 Å². The number of anilines is 2. The fourth-order valence-corrected chi connectivity index (χ4v) is 4.54. The quantitative estimate of drug-likeness (QED) is 0.107. The molecule has 4 aromatic carbocycles. The summed E-state index contributed by atoms with van der Waals surface area (Å²) in [7, 11) is 0. The van der Waals surface area contributed by atoms with Crippen LogP contribution < -0.4 is 20.5 Å². The van der Waals surface area contributed by atoms with E-state index in [2.05, 4.69) is 35.0 Å². The van der Waals surface area contributed by atoms with Crippen molar-refractivity contribution in [3.05, 3.63) is 110 Å². The van der Waals surface area contributed by atoms with Gasteiger partial charge in [0.2, 0.25) is 0 Å². The van der Waals surface area contributed by atoms with Crippen LogP contribution in [0.4, 0.5) is 60.1 Å². The second-order valence-corrected chi connectivity index (χ2v) is 13.1. The monoisotopic (exact) mass is 840 g/mol. The maximum absolute atomic E-state index is 13.0. The highest BCUT2D eigenvalue weighted by Crippen LogP contribution is 2.38. The van der Waals surface area contributed by atoms with E-state index in [9.17, 15) is 48.7 Å². The number of alkyl halides is 10. The zero-order valence-corrected chi connectivity index (χ0v) is 30.6. The number of rotatable bonds is 9. The first-order valence-corrected chi connectivity index (χ1v) is 16.7. The first-order valence-electron chi connectivity index (χ1n) is 16.7. The highest BCUT2D eigenvalue weighted by molar-refractivity contribution is 5.85. The zero-order chi connectivity index (χ0) is 43.4. The molecule has 22 heteroatoms. The van der Waals surface area contributed by atoms with Crippen molar-refractivity contribution in [2.24, 2.45) is 0 Å². The van der Waals surface area contributed by atoms with E-state index in [4.69, 9.17) is 10.5 Å². The predicted octanol–water partition coefficient (Wildman–Crippen LogP) is 9.87. The Labute approximate surface area is 327 Å². The molecular formula is C37H30F10N8O4. The van der Waals surface area contributed by atoms with Gasteiger partial charge in [0.25, 0.3) is 0 Å². The third kappa shape index (κ3) is 11.4. The second-order valence-electron chi connectivity index (χ2n) is 13.1. The van der Waals surface area contributed by atoms with Gasteiger partial charge in [0.05, 0.1) is 11.4 Å². The summed E-state index contributed by atoms with van der Waals surface area (Å²) in [5.74, 6) is -0.568. The molecule has 0 aliphatic heterocycles. The van der Waals surface area contributed by atoms with E-state index in [0.717, 1.165) is 24.3 Å². The summed E-state index contributed by atoms with van der Waals surface area (Å²) in [6.45, 7) is 5.24. The number of carbonyl (C=O) groups excluding carboxylic acids is 1. The Bertz CT molecular complexity index is 2320. The maximum Gasteiger partial charge on any atom is 0.499 e. The Kier molecular flexibility index (Phi) is 12.1. The number of hydrogen-bond acceptors (Lipinski definition) is 9. The molecule has 0 saturated heterocycles. The van der Waals surface area contributed by atoms with E-state index in [1.54, 1.807) is 69.3 Å². The van der Waals surface area contributed by atoms with Crippen molar-refractivity contribution in [3.8, 4) is 45.6 Å². The van der Waals surface area contributed by atoms with Crippen molar-refractivity contribution >= 4 is 17.5 Å². The van der Waals surface area contributed by atoms with Crippen LogP contribution in [0.15, 0.2) is 110 Å². The Morgan fingerprint density at radius 3 is 1.31 bits per heavy atom. The highest BCUT2D eigenvalue weighted by Gasteiger charge is 2.62. The first-order chi connectivity index (χ1) is 27.4. The predicted molar refractivity (Wildman–Crippen MR) is 191 cm³/mol. The number of nitrogens with zero attached hydrogens (tertiary/aromatic N) is 6. The smallest absolute Gasteiger partial charge is 0.444 e. The van der Waals surface area contributed by atoms with Gasteiger partial charge in [-0.15, -0.1) is 10.2 Å². The molecule has 6 aromatic rings. The van der Waals surface area contributed by atoms with Crippen molar-refractivity contribution in [1.82, 2.24) is 29.5 Å². The molecule has 312 valence electrons. The Balaban J connectivity index is 0.000000230. The fourth-order valence-electron chi connectivity index (χ4n) is 4.54. The lowest BCUT2D eigenvalue weighted by Gasteiger charge is -2.20. The minimum Gasteiger partial charge on any atom is -0.444 e. The Hall–Kier alpha value is -6.87. The van der Waals surface area contributed by atoms with Crippen molar-refractivity contribution in [2.75, 3.05) is 11.1 Å². The molecule has 0 spiro atoms. The molecule has 0 aliphatic rings. The molecular weight excluding hydrogens is 810 g/mol. The van der Waals surface area contributed by atoms with E-state index in [-0.39, 0.29) is 0 Å². The van der Waals surface area contributed by atoms with E-state index in [0.29, 0.717) is 45.5 Å². The third-order valence-corrected chi connectivity index (χ3v) is 7.30. The topological polar surface area (TPSA) is 144 Å². The van der Waals surface area contributed by atoms with E-state index in [1.807, 2.05) is 0 Å². The van der Waals surface area contributed by atoms with Gasteiger partial charge in [-0.3, -0.25) is 5.32 Å². The van der Waals surface area contributed by atoms with Crippen molar-refractivity contribution in [3.63, 3.8) is 0 Å². The van der Waals surface area contributed by atoms with Crippen LogP contribution in [0.2, 0.25) is 0 Å². The molecule has 2 heterocycles. The third-order valence-electron chi connectivity index (χ3n) is 7.30. The van der Waals surface area contributed by atoms with Gasteiger partial charge in [-0.05, 0) is 118 Å². The number of aromatic nitrogens is 6. The van der Waals surface area contributed by atoms with Crippen molar-refractivity contribution < 1.29 is 62.9 Å². The summed E-state index contributed by atoms with van der Waals surface area (Å²) in [6, 6.07) is 22.4. The second kappa shape index (κ2) is 16.5. The number of carbonyl (C=O) groups is 1. The summed E-state index contributed by atoms with van der Waals surface area (Å²) in [5.41, 5.74) is 8.15. The lowest BCUT2D eigenvalue weighted by molar-refractivity contribution is -0.360. The number of nitrogens with two attached hydrogens (primary N) is 1. The maximum atomic E-state index is 13.0. The van der Waals surface area contributed by atoms with Gasteiger partial charge in [-0.1, -0.05) is 0 Å². The van der Waals surface area contributed by atoms with Gasteiger partial charge in [-0.2, -0.15) is 43.9 Å². The number of benzene rings is 4. The molecule has 0 aliphatic carbocycles. The van der Waals surface area contributed by atoms with Gasteiger partial charge >= 0.3 is 30.7 Å². The van der Waals surface area contributed by atoms with Crippen LogP contribution in [-0.4, -0.2) is 65.8 Å². The highest BCUT2D eigenvalue weighted by atomic mass is 19.4. The van der Waals surface area contributed by atoms with Crippen LogP contribution in [0.3, 0.4) is 0 Å². The minimum absolute atomic E-state index is 0.322. The number of amides is 1. The van der Waals surface area contributed by atoms with Crippen LogP contribution in [-0.2, 0) is 4.74 Å². The molecule has 0 unspecified atom stereocenters. The lowest BCUT2D eigenvalue weighted by Crippen LogP contribution is -2.41. The number of nitrogens with one attached hydrogen (secondary N) is 1. The summed E-state index contributed by atoms with van der Waals surface area (Å²) < 4.78 is 140. The summed E-state index contributed by atoms with van der Waals surface area (Å²) in [5, 5.41) is 11.1. The Morgan fingerprint density at radius 1 is 0.576 bits per heavy atom. The van der Waals surface area contributed by atoms with Crippen molar-refractivity contribution in [1.29, 1.82) is 0 Å². The van der Waals surface area contributed by atoms with Gasteiger partial charge in [0.15, 0.2) is 11.6 Å². The SMILES string of the molecule is CC(C)(C)OC(=O)Nc1ccc(-c2ncn(-c3ccc(OC(F)(F)C(F)(F)F)cc3)n2)cc1.Nc1ccc(-c2ncn(-c3ccc(OC(F)(F)C(F)(F)F)cc3)n2)cc1. The van der Waals surface area contributed by atoms with E-state index >= 15 is 0 Å².